The first-order chi connectivity index (χ1) is 13.1. The third kappa shape index (κ3) is 4.76. The molecule has 1 atom stereocenters. The lowest BCUT2D eigenvalue weighted by atomic mass is 10.1. The standard InChI is InChI=1S/C22H24N2O3/c1-3-21(25)24-14-13-18(16-24)23(2)22(26)15-17-9-11-20(12-10-17)27-19-7-5-4-6-8-19/h3-12,18H,1,13-16H2,2H3/t18-/m1/s1. The van der Waals surface area contributed by atoms with Crippen molar-refractivity contribution in [1.82, 2.24) is 9.80 Å². The number of carbonyl (C=O) groups excluding carboxylic acids is 2. The molecule has 2 amide bonds. The average molecular weight is 364 g/mol. The van der Waals surface area contributed by atoms with Gasteiger partial charge in [-0.3, -0.25) is 9.59 Å². The Balaban J connectivity index is 1.54. The Morgan fingerprint density at radius 3 is 2.48 bits per heavy atom. The smallest absolute Gasteiger partial charge is 0.246 e. The van der Waals surface area contributed by atoms with Crippen LogP contribution in [0.4, 0.5) is 0 Å². The lowest BCUT2D eigenvalue weighted by Crippen LogP contribution is -2.40. The van der Waals surface area contributed by atoms with E-state index in [0.29, 0.717) is 19.5 Å². The lowest BCUT2D eigenvalue weighted by Gasteiger charge is -2.25. The molecule has 1 saturated heterocycles. The van der Waals surface area contributed by atoms with Crippen LogP contribution in [-0.4, -0.2) is 47.8 Å². The summed E-state index contributed by atoms with van der Waals surface area (Å²) >= 11 is 0. The van der Waals surface area contributed by atoms with Crippen molar-refractivity contribution >= 4 is 11.8 Å². The Hall–Kier alpha value is -3.08. The van der Waals surface area contributed by atoms with Crippen LogP contribution >= 0.6 is 0 Å². The zero-order valence-corrected chi connectivity index (χ0v) is 15.5. The molecule has 1 aliphatic heterocycles. The molecule has 0 N–H and O–H groups in total. The molecule has 1 heterocycles. The largest absolute Gasteiger partial charge is 0.457 e. The Labute approximate surface area is 159 Å². The molecule has 0 saturated carbocycles. The minimum Gasteiger partial charge on any atom is -0.457 e. The maximum atomic E-state index is 12.6. The van der Waals surface area contributed by atoms with Crippen LogP contribution in [0.15, 0.2) is 67.3 Å². The van der Waals surface area contributed by atoms with Crippen molar-refractivity contribution < 1.29 is 14.3 Å². The average Bonchev–Trinajstić information content (AvgIpc) is 3.19. The zero-order valence-electron chi connectivity index (χ0n) is 15.5. The van der Waals surface area contributed by atoms with Gasteiger partial charge >= 0.3 is 0 Å². The van der Waals surface area contributed by atoms with Crippen LogP contribution in [0, 0.1) is 0 Å². The van der Waals surface area contributed by atoms with Crippen molar-refractivity contribution in [2.24, 2.45) is 0 Å². The molecule has 27 heavy (non-hydrogen) atoms. The van der Waals surface area contributed by atoms with Crippen molar-refractivity contribution in [3.05, 3.63) is 72.8 Å². The Morgan fingerprint density at radius 2 is 1.81 bits per heavy atom. The third-order valence-electron chi connectivity index (χ3n) is 4.85. The fraction of sp³-hybridized carbons (Fsp3) is 0.273. The SMILES string of the molecule is C=CC(=O)N1CC[C@@H](N(C)C(=O)Cc2ccc(Oc3ccccc3)cc2)C1. The summed E-state index contributed by atoms with van der Waals surface area (Å²) in [6.07, 6.45) is 2.45. The van der Waals surface area contributed by atoms with Gasteiger partial charge in [-0.2, -0.15) is 0 Å². The monoisotopic (exact) mass is 364 g/mol. The number of ether oxygens (including phenoxy) is 1. The summed E-state index contributed by atoms with van der Waals surface area (Å²) < 4.78 is 5.77. The maximum absolute atomic E-state index is 12.6. The van der Waals surface area contributed by atoms with Crippen LogP contribution in [0.2, 0.25) is 0 Å². The van der Waals surface area contributed by atoms with Gasteiger partial charge in [-0.1, -0.05) is 36.9 Å². The van der Waals surface area contributed by atoms with E-state index in [1.54, 1.807) is 9.80 Å². The van der Waals surface area contributed by atoms with Crippen LogP contribution in [0.5, 0.6) is 11.5 Å². The van der Waals surface area contributed by atoms with E-state index in [2.05, 4.69) is 6.58 Å². The highest BCUT2D eigenvalue weighted by atomic mass is 16.5. The number of benzene rings is 2. The quantitative estimate of drug-likeness (QED) is 0.739. The molecule has 1 aliphatic rings. The van der Waals surface area contributed by atoms with Crippen LogP contribution < -0.4 is 4.74 Å². The van der Waals surface area contributed by atoms with Gasteiger partial charge < -0.3 is 14.5 Å². The van der Waals surface area contributed by atoms with E-state index in [4.69, 9.17) is 4.74 Å². The first-order valence-electron chi connectivity index (χ1n) is 9.05. The molecule has 0 spiro atoms. The molecule has 0 radical (unpaired) electrons. The van der Waals surface area contributed by atoms with E-state index >= 15 is 0 Å². The lowest BCUT2D eigenvalue weighted by molar-refractivity contribution is -0.132. The molecular formula is C22H24N2O3. The molecule has 5 heteroatoms. The summed E-state index contributed by atoms with van der Waals surface area (Å²) in [6, 6.07) is 17.2. The van der Waals surface area contributed by atoms with Crippen molar-refractivity contribution in [3.63, 3.8) is 0 Å². The molecule has 2 aromatic rings. The summed E-state index contributed by atoms with van der Waals surface area (Å²) in [5, 5.41) is 0. The summed E-state index contributed by atoms with van der Waals surface area (Å²) in [4.78, 5) is 27.8. The molecule has 0 aliphatic carbocycles. The number of likely N-dealkylation sites (N-methyl/N-ethyl adjacent to an activating group) is 1. The maximum Gasteiger partial charge on any atom is 0.246 e. The van der Waals surface area contributed by atoms with Crippen LogP contribution in [0.25, 0.3) is 0 Å². The highest BCUT2D eigenvalue weighted by molar-refractivity contribution is 5.87. The van der Waals surface area contributed by atoms with Crippen LogP contribution in [0.3, 0.4) is 0 Å². The summed E-state index contributed by atoms with van der Waals surface area (Å²) in [7, 11) is 1.81. The predicted octanol–water partition coefficient (Wildman–Crippen LogP) is 3.27. The number of amides is 2. The molecule has 2 aromatic carbocycles. The van der Waals surface area contributed by atoms with Gasteiger partial charge in [0.05, 0.1) is 12.5 Å². The number of rotatable bonds is 6. The summed E-state index contributed by atoms with van der Waals surface area (Å²) in [5.41, 5.74) is 0.935. The van der Waals surface area contributed by atoms with Crippen molar-refractivity contribution in [2.75, 3.05) is 20.1 Å². The molecule has 0 unspecified atom stereocenters. The fourth-order valence-corrected chi connectivity index (χ4v) is 3.19. The minimum atomic E-state index is -0.0765. The molecule has 0 aromatic heterocycles. The Bertz CT molecular complexity index is 802. The van der Waals surface area contributed by atoms with E-state index < -0.39 is 0 Å². The van der Waals surface area contributed by atoms with E-state index in [0.717, 1.165) is 23.5 Å². The first kappa shape index (κ1) is 18.7. The Morgan fingerprint density at radius 1 is 1.15 bits per heavy atom. The topological polar surface area (TPSA) is 49.9 Å². The second-order valence-corrected chi connectivity index (χ2v) is 6.67. The van der Waals surface area contributed by atoms with Gasteiger partial charge in [0.15, 0.2) is 0 Å². The number of nitrogens with zero attached hydrogens (tertiary/aromatic N) is 2. The summed E-state index contributed by atoms with van der Waals surface area (Å²) in [6.45, 7) is 4.75. The number of hydrogen-bond acceptors (Lipinski definition) is 3. The molecule has 5 nitrogen and oxygen atoms in total. The first-order valence-corrected chi connectivity index (χ1v) is 9.05. The molecule has 140 valence electrons. The second-order valence-electron chi connectivity index (χ2n) is 6.67. The highest BCUT2D eigenvalue weighted by Gasteiger charge is 2.29. The number of para-hydroxylation sites is 1. The molecule has 3 rings (SSSR count). The summed E-state index contributed by atoms with van der Waals surface area (Å²) in [5.74, 6) is 1.48. The van der Waals surface area contributed by atoms with E-state index in [-0.39, 0.29) is 17.9 Å². The van der Waals surface area contributed by atoms with Gasteiger partial charge in [0.1, 0.15) is 11.5 Å². The highest BCUT2D eigenvalue weighted by Crippen LogP contribution is 2.22. The van der Waals surface area contributed by atoms with Gasteiger partial charge in [-0.15, -0.1) is 0 Å². The second kappa shape index (κ2) is 8.54. The predicted molar refractivity (Wildman–Crippen MR) is 105 cm³/mol. The van der Waals surface area contributed by atoms with Crippen molar-refractivity contribution in [2.45, 2.75) is 18.9 Å². The minimum absolute atomic E-state index is 0.0460. The Kier molecular flexibility index (Phi) is 5.91. The van der Waals surface area contributed by atoms with Gasteiger partial charge in [0, 0.05) is 20.1 Å². The van der Waals surface area contributed by atoms with Crippen molar-refractivity contribution in [3.8, 4) is 11.5 Å². The van der Waals surface area contributed by atoms with Crippen LogP contribution in [-0.2, 0) is 16.0 Å². The number of likely N-dealkylation sites (tertiary alicyclic amines) is 1. The molecular weight excluding hydrogens is 340 g/mol. The third-order valence-corrected chi connectivity index (χ3v) is 4.85. The molecule has 1 fully saturated rings. The van der Waals surface area contributed by atoms with Crippen LogP contribution in [0.1, 0.15) is 12.0 Å². The molecule has 0 bridgehead atoms. The van der Waals surface area contributed by atoms with E-state index in [1.165, 1.54) is 6.08 Å². The van der Waals surface area contributed by atoms with Gasteiger partial charge in [-0.25, -0.2) is 0 Å². The van der Waals surface area contributed by atoms with Gasteiger partial charge in [0.25, 0.3) is 0 Å². The van der Waals surface area contributed by atoms with Gasteiger partial charge in [0.2, 0.25) is 11.8 Å². The normalized spacial score (nSPS) is 16.0. The van der Waals surface area contributed by atoms with Gasteiger partial charge in [-0.05, 0) is 42.3 Å². The van der Waals surface area contributed by atoms with E-state index in [1.807, 2.05) is 61.6 Å². The van der Waals surface area contributed by atoms with E-state index in [9.17, 15) is 9.59 Å². The van der Waals surface area contributed by atoms with Crippen molar-refractivity contribution in [1.29, 1.82) is 0 Å². The number of hydrogen-bond donors (Lipinski definition) is 0. The zero-order chi connectivity index (χ0) is 19.2. The fourth-order valence-electron chi connectivity index (χ4n) is 3.19. The number of carbonyl (C=O) groups is 2.